The Morgan fingerprint density at radius 3 is 2.31 bits per heavy atom. The number of hydrogen-bond acceptors (Lipinski definition) is 4. The highest BCUT2D eigenvalue weighted by molar-refractivity contribution is 6.00. The lowest BCUT2D eigenvalue weighted by molar-refractivity contribution is -0.151. The fraction of sp³-hybridized carbons (Fsp3) is 0.348. The number of amides is 2. The third-order valence-corrected chi connectivity index (χ3v) is 5.40. The van der Waals surface area contributed by atoms with Crippen LogP contribution in [0.15, 0.2) is 36.4 Å². The van der Waals surface area contributed by atoms with Crippen molar-refractivity contribution in [2.75, 3.05) is 23.4 Å². The minimum atomic E-state index is -0.571. The monoisotopic (exact) mass is 394 g/mol. The SMILES string of the molecule is Cc1ccc(NC(=O)COC(=O)[C@@H]2CC(=O)N(c3ccc(C)c(C)c3)C2)cc1C. The van der Waals surface area contributed by atoms with E-state index in [0.717, 1.165) is 27.9 Å². The smallest absolute Gasteiger partial charge is 0.311 e. The van der Waals surface area contributed by atoms with E-state index in [0.29, 0.717) is 5.69 Å². The van der Waals surface area contributed by atoms with Gasteiger partial charge in [-0.3, -0.25) is 14.4 Å². The van der Waals surface area contributed by atoms with Gasteiger partial charge in [0.1, 0.15) is 0 Å². The van der Waals surface area contributed by atoms with Crippen molar-refractivity contribution in [2.45, 2.75) is 34.1 Å². The van der Waals surface area contributed by atoms with Crippen LogP contribution in [0.5, 0.6) is 0 Å². The van der Waals surface area contributed by atoms with E-state index in [9.17, 15) is 14.4 Å². The van der Waals surface area contributed by atoms with Crippen LogP contribution >= 0.6 is 0 Å². The lowest BCUT2D eigenvalue weighted by Crippen LogP contribution is -2.28. The largest absolute Gasteiger partial charge is 0.455 e. The Labute approximate surface area is 170 Å². The second-order valence-electron chi connectivity index (χ2n) is 7.63. The molecule has 0 saturated carbocycles. The molecule has 0 spiro atoms. The Kier molecular flexibility index (Phi) is 6.01. The van der Waals surface area contributed by atoms with Crippen LogP contribution in [-0.2, 0) is 19.1 Å². The van der Waals surface area contributed by atoms with Crippen LogP contribution in [0.3, 0.4) is 0 Å². The quantitative estimate of drug-likeness (QED) is 0.788. The molecule has 0 radical (unpaired) electrons. The number of nitrogens with one attached hydrogen (secondary N) is 1. The van der Waals surface area contributed by atoms with Crippen molar-refractivity contribution in [2.24, 2.45) is 5.92 Å². The maximum absolute atomic E-state index is 12.4. The van der Waals surface area contributed by atoms with Gasteiger partial charge in [-0.1, -0.05) is 12.1 Å². The molecule has 1 N–H and O–H groups in total. The first-order chi connectivity index (χ1) is 13.7. The lowest BCUT2D eigenvalue weighted by Gasteiger charge is -2.17. The Balaban J connectivity index is 1.54. The van der Waals surface area contributed by atoms with Crippen LogP contribution in [0.4, 0.5) is 11.4 Å². The van der Waals surface area contributed by atoms with Crippen molar-refractivity contribution in [3.8, 4) is 0 Å². The molecule has 0 aliphatic carbocycles. The minimum absolute atomic E-state index is 0.0878. The van der Waals surface area contributed by atoms with E-state index >= 15 is 0 Å². The second-order valence-corrected chi connectivity index (χ2v) is 7.63. The summed E-state index contributed by atoms with van der Waals surface area (Å²) in [5.74, 6) is -1.62. The normalized spacial score (nSPS) is 16.1. The molecule has 0 aromatic heterocycles. The Bertz CT molecular complexity index is 967. The number of carbonyl (C=O) groups is 3. The second kappa shape index (κ2) is 8.47. The average Bonchev–Trinajstić information content (AvgIpc) is 3.07. The predicted molar refractivity (Wildman–Crippen MR) is 112 cm³/mol. The van der Waals surface area contributed by atoms with Gasteiger partial charge in [0, 0.05) is 24.3 Å². The van der Waals surface area contributed by atoms with E-state index in [2.05, 4.69) is 5.32 Å². The standard InChI is InChI=1S/C23H26N2O4/c1-14-5-7-19(9-16(14)3)24-21(26)13-29-23(28)18-11-22(27)25(12-18)20-8-6-15(2)17(4)10-20/h5-10,18H,11-13H2,1-4H3,(H,24,26)/t18-/m1/s1. The molecule has 1 saturated heterocycles. The molecule has 1 atom stereocenters. The molecule has 1 heterocycles. The molecule has 0 bridgehead atoms. The van der Waals surface area contributed by atoms with Crippen LogP contribution < -0.4 is 10.2 Å². The summed E-state index contributed by atoms with van der Waals surface area (Å²) in [5, 5.41) is 2.72. The van der Waals surface area contributed by atoms with Crippen molar-refractivity contribution < 1.29 is 19.1 Å². The molecule has 1 fully saturated rings. The van der Waals surface area contributed by atoms with Crippen molar-refractivity contribution in [3.63, 3.8) is 0 Å². The number of hydrogen-bond donors (Lipinski definition) is 1. The molecule has 1 aliphatic heterocycles. The molecular weight excluding hydrogens is 368 g/mol. The summed E-state index contributed by atoms with van der Waals surface area (Å²) in [4.78, 5) is 38.4. The Morgan fingerprint density at radius 2 is 1.66 bits per heavy atom. The van der Waals surface area contributed by atoms with Gasteiger partial charge in [0.2, 0.25) is 5.91 Å². The number of benzene rings is 2. The summed E-state index contributed by atoms with van der Waals surface area (Å²) in [7, 11) is 0. The molecule has 2 aromatic rings. The summed E-state index contributed by atoms with van der Waals surface area (Å²) in [6.45, 7) is 7.84. The number of ether oxygens (including phenoxy) is 1. The molecule has 1 aliphatic rings. The predicted octanol–water partition coefficient (Wildman–Crippen LogP) is 3.46. The fourth-order valence-corrected chi connectivity index (χ4v) is 3.28. The number of rotatable bonds is 5. The molecule has 6 heteroatoms. The molecular formula is C23H26N2O4. The summed E-state index contributed by atoms with van der Waals surface area (Å²) in [5.41, 5.74) is 5.87. The summed E-state index contributed by atoms with van der Waals surface area (Å²) in [6.07, 6.45) is 0.0878. The minimum Gasteiger partial charge on any atom is -0.455 e. The van der Waals surface area contributed by atoms with Gasteiger partial charge >= 0.3 is 5.97 Å². The zero-order valence-corrected chi connectivity index (χ0v) is 17.2. The fourth-order valence-electron chi connectivity index (χ4n) is 3.28. The van der Waals surface area contributed by atoms with Crippen molar-refractivity contribution >= 4 is 29.2 Å². The highest BCUT2D eigenvalue weighted by Gasteiger charge is 2.36. The topological polar surface area (TPSA) is 75.7 Å². The number of nitrogens with zero attached hydrogens (tertiary/aromatic N) is 1. The van der Waals surface area contributed by atoms with Gasteiger partial charge in [-0.05, 0) is 74.2 Å². The van der Waals surface area contributed by atoms with Gasteiger partial charge < -0.3 is 15.0 Å². The highest BCUT2D eigenvalue weighted by Crippen LogP contribution is 2.27. The third-order valence-electron chi connectivity index (χ3n) is 5.40. The lowest BCUT2D eigenvalue weighted by atomic mass is 10.1. The molecule has 2 aromatic carbocycles. The zero-order chi connectivity index (χ0) is 21.1. The molecule has 0 unspecified atom stereocenters. The van der Waals surface area contributed by atoms with E-state index in [1.807, 2.05) is 58.0 Å². The highest BCUT2D eigenvalue weighted by atomic mass is 16.5. The van der Waals surface area contributed by atoms with E-state index < -0.39 is 17.8 Å². The first-order valence-corrected chi connectivity index (χ1v) is 9.66. The van der Waals surface area contributed by atoms with Gasteiger partial charge in [-0.2, -0.15) is 0 Å². The number of carbonyl (C=O) groups excluding carboxylic acids is 3. The first kappa shape index (κ1) is 20.6. The third kappa shape index (κ3) is 4.83. The van der Waals surface area contributed by atoms with Crippen molar-refractivity contribution in [3.05, 3.63) is 58.7 Å². The summed E-state index contributed by atoms with van der Waals surface area (Å²) in [6, 6.07) is 11.4. The maximum atomic E-state index is 12.4. The van der Waals surface area contributed by atoms with Crippen LogP contribution in [0, 0.1) is 33.6 Å². The van der Waals surface area contributed by atoms with E-state index in [1.54, 1.807) is 11.0 Å². The van der Waals surface area contributed by atoms with Crippen LogP contribution in [0.1, 0.15) is 28.7 Å². The number of anilines is 2. The van der Waals surface area contributed by atoms with Crippen molar-refractivity contribution in [1.29, 1.82) is 0 Å². The average molecular weight is 394 g/mol. The number of esters is 1. The van der Waals surface area contributed by atoms with E-state index in [1.165, 1.54) is 0 Å². The summed E-state index contributed by atoms with van der Waals surface area (Å²) < 4.78 is 5.16. The Morgan fingerprint density at radius 1 is 1.00 bits per heavy atom. The first-order valence-electron chi connectivity index (χ1n) is 9.66. The molecule has 29 heavy (non-hydrogen) atoms. The maximum Gasteiger partial charge on any atom is 0.311 e. The molecule has 152 valence electrons. The van der Waals surface area contributed by atoms with Gasteiger partial charge in [-0.15, -0.1) is 0 Å². The van der Waals surface area contributed by atoms with Gasteiger partial charge in [0.25, 0.3) is 5.91 Å². The van der Waals surface area contributed by atoms with Crippen molar-refractivity contribution in [1.82, 2.24) is 0 Å². The zero-order valence-electron chi connectivity index (χ0n) is 17.2. The molecule has 6 nitrogen and oxygen atoms in total. The molecule has 2 amide bonds. The van der Waals surface area contributed by atoms with Gasteiger partial charge in [-0.25, -0.2) is 0 Å². The van der Waals surface area contributed by atoms with E-state index in [4.69, 9.17) is 4.74 Å². The van der Waals surface area contributed by atoms with Crippen LogP contribution in [0.25, 0.3) is 0 Å². The molecule has 3 rings (SSSR count). The Hall–Kier alpha value is -3.15. The number of aryl methyl sites for hydroxylation is 4. The van der Waals surface area contributed by atoms with Gasteiger partial charge in [0.15, 0.2) is 6.61 Å². The van der Waals surface area contributed by atoms with Crippen LogP contribution in [-0.4, -0.2) is 30.9 Å². The van der Waals surface area contributed by atoms with E-state index in [-0.39, 0.29) is 25.5 Å². The van der Waals surface area contributed by atoms with Crippen LogP contribution in [0.2, 0.25) is 0 Å². The summed E-state index contributed by atoms with van der Waals surface area (Å²) >= 11 is 0. The van der Waals surface area contributed by atoms with Gasteiger partial charge in [0.05, 0.1) is 5.92 Å².